The summed E-state index contributed by atoms with van der Waals surface area (Å²) in [6.45, 7) is 17.4. The molecule has 7 heteroatoms. The molecule has 0 aliphatic rings. The highest BCUT2D eigenvalue weighted by Crippen LogP contribution is 2.16. The highest BCUT2D eigenvalue weighted by atomic mass is 127. The van der Waals surface area contributed by atoms with Gasteiger partial charge in [-0.05, 0) is 40.8 Å². The molecule has 0 amide bonds. The normalized spacial score (nSPS) is 12.9. The van der Waals surface area contributed by atoms with Crippen molar-refractivity contribution in [3.8, 4) is 0 Å². The Bertz CT molecular complexity index is 452. The molecule has 0 aliphatic heterocycles. The Balaban J connectivity index is 0.00000484. The second-order valence-corrected chi connectivity index (χ2v) is 6.68. The van der Waals surface area contributed by atoms with Gasteiger partial charge in [0, 0.05) is 24.0 Å². The van der Waals surface area contributed by atoms with Crippen molar-refractivity contribution in [2.45, 2.75) is 54.1 Å². The molecule has 0 radical (unpaired) electrons. The summed E-state index contributed by atoms with van der Waals surface area (Å²) in [5.74, 6) is 0.868. The fourth-order valence-corrected chi connectivity index (χ4v) is 3.17. The quantitative estimate of drug-likeness (QED) is 0.361. The van der Waals surface area contributed by atoms with E-state index < -0.39 is 0 Å². The summed E-state index contributed by atoms with van der Waals surface area (Å²) in [4.78, 5) is 12.9. The number of guanidine groups is 1. The molecule has 0 bridgehead atoms. The molecule has 2 N–H and O–H groups in total. The third-order valence-corrected chi connectivity index (χ3v) is 4.85. The van der Waals surface area contributed by atoms with Crippen molar-refractivity contribution in [3.05, 3.63) is 15.6 Å². The van der Waals surface area contributed by atoms with Gasteiger partial charge in [0.2, 0.25) is 0 Å². The average molecular weight is 453 g/mol. The zero-order valence-electron chi connectivity index (χ0n) is 15.3. The van der Waals surface area contributed by atoms with Crippen LogP contribution in [0.25, 0.3) is 0 Å². The molecule has 0 saturated heterocycles. The Morgan fingerprint density at radius 1 is 1.22 bits per heavy atom. The summed E-state index contributed by atoms with van der Waals surface area (Å²) in [6.07, 6.45) is 0. The molecule has 134 valence electrons. The van der Waals surface area contributed by atoms with Crippen LogP contribution >= 0.6 is 35.3 Å². The molecular weight excluding hydrogens is 421 g/mol. The zero-order chi connectivity index (χ0) is 16.5. The average Bonchev–Trinajstić information content (AvgIpc) is 2.82. The van der Waals surface area contributed by atoms with Crippen LogP contribution in [0, 0.1) is 13.8 Å². The lowest BCUT2D eigenvalue weighted by atomic mass is 10.3. The van der Waals surface area contributed by atoms with Crippen molar-refractivity contribution < 1.29 is 0 Å². The van der Waals surface area contributed by atoms with Crippen LogP contribution in [-0.2, 0) is 6.54 Å². The predicted molar refractivity (Wildman–Crippen MR) is 112 cm³/mol. The molecule has 0 aliphatic carbocycles. The van der Waals surface area contributed by atoms with Crippen LogP contribution < -0.4 is 10.6 Å². The first-order valence-corrected chi connectivity index (χ1v) is 9.02. The lowest BCUT2D eigenvalue weighted by molar-refractivity contribution is 0.231. The van der Waals surface area contributed by atoms with Gasteiger partial charge in [-0.25, -0.2) is 9.98 Å². The van der Waals surface area contributed by atoms with Gasteiger partial charge in [-0.1, -0.05) is 13.8 Å². The number of aromatic nitrogens is 1. The lowest BCUT2D eigenvalue weighted by Crippen LogP contribution is -2.45. The van der Waals surface area contributed by atoms with E-state index in [1.54, 1.807) is 11.3 Å². The maximum absolute atomic E-state index is 4.64. The molecule has 0 saturated carbocycles. The number of aliphatic imine (C=N–C) groups is 1. The van der Waals surface area contributed by atoms with Crippen LogP contribution in [0.2, 0.25) is 0 Å². The summed E-state index contributed by atoms with van der Waals surface area (Å²) >= 11 is 1.73. The Labute approximate surface area is 162 Å². The highest BCUT2D eigenvalue weighted by Gasteiger charge is 2.10. The van der Waals surface area contributed by atoms with E-state index in [9.17, 15) is 0 Å². The van der Waals surface area contributed by atoms with Gasteiger partial charge in [0.25, 0.3) is 0 Å². The van der Waals surface area contributed by atoms with E-state index in [1.165, 1.54) is 4.88 Å². The minimum atomic E-state index is 0. The smallest absolute Gasteiger partial charge is 0.191 e. The standard InChI is InChI=1S/C16H31N5S.HI/c1-7-17-16(18-10-12(4)21(8-2)9-3)19-11-15-20-13(5)14(6)22-15;/h12H,7-11H2,1-6H3,(H2,17,18,19);1H. The van der Waals surface area contributed by atoms with Crippen molar-refractivity contribution >= 4 is 41.3 Å². The van der Waals surface area contributed by atoms with Crippen LogP contribution in [0.1, 0.15) is 43.3 Å². The number of halogens is 1. The zero-order valence-corrected chi connectivity index (χ0v) is 18.4. The highest BCUT2D eigenvalue weighted by molar-refractivity contribution is 14.0. The summed E-state index contributed by atoms with van der Waals surface area (Å²) < 4.78 is 0. The van der Waals surface area contributed by atoms with Gasteiger partial charge in [0.15, 0.2) is 5.96 Å². The fourth-order valence-electron chi connectivity index (χ4n) is 2.32. The third-order valence-electron chi connectivity index (χ3n) is 3.79. The number of hydrogen-bond acceptors (Lipinski definition) is 4. The minimum absolute atomic E-state index is 0. The van der Waals surface area contributed by atoms with E-state index in [-0.39, 0.29) is 24.0 Å². The van der Waals surface area contributed by atoms with Gasteiger partial charge in [-0.2, -0.15) is 0 Å². The Kier molecular flexibility index (Phi) is 11.8. The molecule has 1 rings (SSSR count). The van der Waals surface area contributed by atoms with Crippen LogP contribution in [-0.4, -0.2) is 48.1 Å². The van der Waals surface area contributed by atoms with Crippen molar-refractivity contribution in [2.75, 3.05) is 26.2 Å². The van der Waals surface area contributed by atoms with Crippen molar-refractivity contribution in [1.82, 2.24) is 20.5 Å². The third kappa shape index (κ3) is 7.80. The van der Waals surface area contributed by atoms with E-state index in [0.717, 1.165) is 42.8 Å². The van der Waals surface area contributed by atoms with Crippen molar-refractivity contribution in [3.63, 3.8) is 0 Å². The fraction of sp³-hybridized carbons (Fsp3) is 0.750. The van der Waals surface area contributed by atoms with E-state index in [4.69, 9.17) is 0 Å². The molecule has 1 aromatic heterocycles. The molecule has 1 atom stereocenters. The Morgan fingerprint density at radius 3 is 2.35 bits per heavy atom. The van der Waals surface area contributed by atoms with Crippen LogP contribution in [0.4, 0.5) is 0 Å². The maximum Gasteiger partial charge on any atom is 0.191 e. The number of rotatable bonds is 8. The molecule has 23 heavy (non-hydrogen) atoms. The topological polar surface area (TPSA) is 52.6 Å². The number of nitrogens with one attached hydrogen (secondary N) is 2. The van der Waals surface area contributed by atoms with E-state index in [0.29, 0.717) is 12.6 Å². The first-order chi connectivity index (χ1) is 10.5. The van der Waals surface area contributed by atoms with E-state index in [1.807, 2.05) is 6.92 Å². The largest absolute Gasteiger partial charge is 0.357 e. The number of likely N-dealkylation sites (N-methyl/N-ethyl adjacent to an activating group) is 1. The minimum Gasteiger partial charge on any atom is -0.357 e. The number of nitrogens with zero attached hydrogens (tertiary/aromatic N) is 3. The van der Waals surface area contributed by atoms with E-state index >= 15 is 0 Å². The molecule has 1 unspecified atom stereocenters. The van der Waals surface area contributed by atoms with Gasteiger partial charge in [0.05, 0.1) is 12.2 Å². The molecule has 0 fully saturated rings. The monoisotopic (exact) mass is 453 g/mol. The second kappa shape index (κ2) is 12.0. The maximum atomic E-state index is 4.64. The van der Waals surface area contributed by atoms with E-state index in [2.05, 4.69) is 60.1 Å². The van der Waals surface area contributed by atoms with Crippen LogP contribution in [0.15, 0.2) is 4.99 Å². The molecular formula is C16H32IN5S. The first kappa shape index (κ1) is 22.6. The summed E-state index contributed by atoms with van der Waals surface area (Å²) in [6, 6.07) is 0.489. The van der Waals surface area contributed by atoms with Crippen LogP contribution in [0.5, 0.6) is 0 Å². The molecule has 1 heterocycles. The lowest BCUT2D eigenvalue weighted by Gasteiger charge is -2.27. The van der Waals surface area contributed by atoms with Crippen molar-refractivity contribution in [1.29, 1.82) is 0 Å². The number of aryl methyl sites for hydroxylation is 2. The second-order valence-electron chi connectivity index (χ2n) is 5.40. The van der Waals surface area contributed by atoms with Gasteiger partial charge < -0.3 is 10.6 Å². The van der Waals surface area contributed by atoms with Gasteiger partial charge >= 0.3 is 0 Å². The number of hydrogen-bond donors (Lipinski definition) is 2. The Hall–Kier alpha value is -0.410. The predicted octanol–water partition coefficient (Wildman–Crippen LogP) is 3.16. The van der Waals surface area contributed by atoms with Crippen molar-refractivity contribution in [2.24, 2.45) is 4.99 Å². The molecule has 1 aromatic rings. The summed E-state index contributed by atoms with van der Waals surface area (Å²) in [5, 5.41) is 7.81. The molecule has 0 aromatic carbocycles. The SMILES string of the molecule is CCNC(=NCc1nc(C)c(C)s1)NCC(C)N(CC)CC.I. The Morgan fingerprint density at radius 2 is 1.87 bits per heavy atom. The molecule has 5 nitrogen and oxygen atoms in total. The van der Waals surface area contributed by atoms with Gasteiger partial charge in [-0.3, -0.25) is 4.90 Å². The van der Waals surface area contributed by atoms with Gasteiger partial charge in [-0.15, -0.1) is 35.3 Å². The summed E-state index contributed by atoms with van der Waals surface area (Å²) in [7, 11) is 0. The summed E-state index contributed by atoms with van der Waals surface area (Å²) in [5.41, 5.74) is 1.11. The number of thiazole rings is 1. The molecule has 0 spiro atoms. The van der Waals surface area contributed by atoms with Crippen LogP contribution in [0.3, 0.4) is 0 Å². The van der Waals surface area contributed by atoms with Gasteiger partial charge in [0.1, 0.15) is 5.01 Å². The first-order valence-electron chi connectivity index (χ1n) is 8.20.